The van der Waals surface area contributed by atoms with Crippen molar-refractivity contribution in [1.82, 2.24) is 5.32 Å². The predicted octanol–water partition coefficient (Wildman–Crippen LogP) is 2.76. The topological polar surface area (TPSA) is 45.0 Å². The van der Waals surface area contributed by atoms with Crippen molar-refractivity contribution in [1.29, 1.82) is 5.26 Å². The fourth-order valence-corrected chi connectivity index (χ4v) is 1.85. The van der Waals surface area contributed by atoms with Gasteiger partial charge in [0, 0.05) is 6.54 Å². The number of benzene rings is 1. The van der Waals surface area contributed by atoms with Crippen molar-refractivity contribution in [3.05, 3.63) is 29.6 Å². The minimum Gasteiger partial charge on any atom is -0.496 e. The van der Waals surface area contributed by atoms with Crippen molar-refractivity contribution in [2.45, 2.75) is 20.3 Å². The highest BCUT2D eigenvalue weighted by Gasteiger charge is 2.11. The summed E-state index contributed by atoms with van der Waals surface area (Å²) in [4.78, 5) is 0. The molecule has 1 aromatic rings. The van der Waals surface area contributed by atoms with E-state index in [4.69, 9.17) is 10.00 Å². The molecule has 19 heavy (non-hydrogen) atoms. The number of hydrogen-bond donors (Lipinski definition) is 1. The van der Waals surface area contributed by atoms with Crippen LogP contribution in [0.4, 0.5) is 4.39 Å². The highest BCUT2D eigenvalue weighted by Crippen LogP contribution is 2.19. The highest BCUT2D eigenvalue weighted by atomic mass is 19.1. The third kappa shape index (κ3) is 4.88. The molecule has 0 heterocycles. The molecule has 104 valence electrons. The van der Waals surface area contributed by atoms with Crippen LogP contribution >= 0.6 is 0 Å². The second kappa shape index (κ2) is 7.75. The summed E-state index contributed by atoms with van der Waals surface area (Å²) in [5.74, 6) is 0.785. The third-order valence-corrected chi connectivity index (χ3v) is 3.15. The Balaban J connectivity index is 2.45. The van der Waals surface area contributed by atoms with Gasteiger partial charge in [0.15, 0.2) is 0 Å². The Bertz CT molecular complexity index is 440. The maximum atomic E-state index is 13.2. The second-order valence-electron chi connectivity index (χ2n) is 4.89. The zero-order valence-corrected chi connectivity index (χ0v) is 11.7. The molecule has 4 heteroatoms. The number of hydrogen-bond acceptors (Lipinski definition) is 3. The quantitative estimate of drug-likeness (QED) is 0.770. The summed E-state index contributed by atoms with van der Waals surface area (Å²) in [5, 5.41) is 12.2. The number of nitrogens with one attached hydrogen (secondary N) is 1. The summed E-state index contributed by atoms with van der Waals surface area (Å²) in [6, 6.07) is 6.80. The van der Waals surface area contributed by atoms with Gasteiger partial charge in [0.25, 0.3) is 0 Å². The molecule has 0 bridgehead atoms. The fraction of sp³-hybridized carbons (Fsp3) is 0.533. The van der Waals surface area contributed by atoms with Gasteiger partial charge in [-0.2, -0.15) is 5.26 Å². The van der Waals surface area contributed by atoms with Gasteiger partial charge < -0.3 is 10.1 Å². The van der Waals surface area contributed by atoms with Gasteiger partial charge in [0.2, 0.25) is 0 Å². The van der Waals surface area contributed by atoms with Crippen LogP contribution in [0.3, 0.4) is 0 Å². The molecule has 0 radical (unpaired) electrons. The van der Waals surface area contributed by atoms with E-state index in [1.807, 2.05) is 13.8 Å². The van der Waals surface area contributed by atoms with Gasteiger partial charge in [0.1, 0.15) is 11.6 Å². The molecule has 0 saturated carbocycles. The van der Waals surface area contributed by atoms with E-state index in [0.717, 1.165) is 5.56 Å². The first-order valence-electron chi connectivity index (χ1n) is 6.51. The van der Waals surface area contributed by atoms with Crippen molar-refractivity contribution in [3.8, 4) is 11.8 Å². The molecule has 0 aliphatic heterocycles. The lowest BCUT2D eigenvalue weighted by Crippen LogP contribution is -2.27. The Kier molecular flexibility index (Phi) is 6.31. The smallest absolute Gasteiger partial charge is 0.123 e. The number of halogens is 1. The Labute approximate surface area is 114 Å². The first-order valence-corrected chi connectivity index (χ1v) is 6.51. The zero-order chi connectivity index (χ0) is 14.3. The summed E-state index contributed by atoms with van der Waals surface area (Å²) in [6.45, 7) is 5.42. The maximum Gasteiger partial charge on any atom is 0.123 e. The van der Waals surface area contributed by atoms with Crippen molar-refractivity contribution in [3.63, 3.8) is 0 Å². The van der Waals surface area contributed by atoms with E-state index >= 15 is 0 Å². The van der Waals surface area contributed by atoms with Crippen LogP contribution in [0.1, 0.15) is 19.4 Å². The van der Waals surface area contributed by atoms with Crippen LogP contribution in [0, 0.1) is 29.0 Å². The Morgan fingerprint density at radius 2 is 2.16 bits per heavy atom. The van der Waals surface area contributed by atoms with E-state index in [1.54, 1.807) is 13.2 Å². The number of ether oxygens (including phenoxy) is 1. The van der Waals surface area contributed by atoms with E-state index in [0.29, 0.717) is 31.2 Å². The highest BCUT2D eigenvalue weighted by molar-refractivity contribution is 5.34. The minimum absolute atomic E-state index is 0.00871. The molecule has 1 rings (SSSR count). The summed E-state index contributed by atoms with van der Waals surface area (Å²) in [7, 11) is 1.58. The normalized spacial score (nSPS) is 12.2. The molecule has 0 aromatic heterocycles. The minimum atomic E-state index is -0.257. The number of rotatable bonds is 7. The molecule has 0 aliphatic carbocycles. The average molecular weight is 264 g/mol. The molecule has 3 nitrogen and oxygen atoms in total. The van der Waals surface area contributed by atoms with E-state index in [-0.39, 0.29) is 11.7 Å². The van der Waals surface area contributed by atoms with Crippen LogP contribution in [-0.4, -0.2) is 20.2 Å². The van der Waals surface area contributed by atoms with Crippen molar-refractivity contribution in [2.75, 3.05) is 20.2 Å². The van der Waals surface area contributed by atoms with E-state index < -0.39 is 0 Å². The SMILES string of the molecule is COc1ccc(F)cc1CCNCC(C#N)C(C)C. The largest absolute Gasteiger partial charge is 0.496 e. The Morgan fingerprint density at radius 3 is 2.74 bits per heavy atom. The third-order valence-electron chi connectivity index (χ3n) is 3.15. The van der Waals surface area contributed by atoms with E-state index in [9.17, 15) is 4.39 Å². The van der Waals surface area contributed by atoms with Gasteiger partial charge in [-0.25, -0.2) is 4.39 Å². The van der Waals surface area contributed by atoms with Crippen LogP contribution in [0.2, 0.25) is 0 Å². The summed E-state index contributed by atoms with van der Waals surface area (Å²) >= 11 is 0. The van der Waals surface area contributed by atoms with Gasteiger partial charge in [-0.05, 0) is 42.6 Å². The van der Waals surface area contributed by atoms with Crippen molar-refractivity contribution < 1.29 is 9.13 Å². The monoisotopic (exact) mass is 264 g/mol. The molecule has 1 atom stereocenters. The molecule has 0 saturated heterocycles. The zero-order valence-electron chi connectivity index (χ0n) is 11.7. The van der Waals surface area contributed by atoms with Gasteiger partial charge in [0.05, 0.1) is 19.1 Å². The Hall–Kier alpha value is -1.60. The Morgan fingerprint density at radius 1 is 1.42 bits per heavy atom. The summed E-state index contributed by atoms with van der Waals surface area (Å²) in [5.41, 5.74) is 0.841. The van der Waals surface area contributed by atoms with E-state index in [1.165, 1.54) is 12.1 Å². The molecule has 1 aromatic carbocycles. The lowest BCUT2D eigenvalue weighted by molar-refractivity contribution is 0.406. The predicted molar refractivity (Wildman–Crippen MR) is 73.5 cm³/mol. The van der Waals surface area contributed by atoms with Gasteiger partial charge >= 0.3 is 0 Å². The van der Waals surface area contributed by atoms with Crippen molar-refractivity contribution in [2.24, 2.45) is 11.8 Å². The molecule has 0 aliphatic rings. The number of nitrogens with zero attached hydrogens (tertiary/aromatic N) is 1. The second-order valence-corrected chi connectivity index (χ2v) is 4.89. The average Bonchev–Trinajstić information content (AvgIpc) is 2.38. The first-order chi connectivity index (χ1) is 9.08. The molecule has 0 fully saturated rings. The van der Waals surface area contributed by atoms with Crippen LogP contribution in [0.15, 0.2) is 18.2 Å². The first kappa shape index (κ1) is 15.5. The van der Waals surface area contributed by atoms with Crippen LogP contribution in [-0.2, 0) is 6.42 Å². The van der Waals surface area contributed by atoms with E-state index in [2.05, 4.69) is 11.4 Å². The standard InChI is InChI=1S/C15H21FN2O/c1-11(2)13(9-17)10-18-7-6-12-8-14(16)4-5-15(12)19-3/h4-5,8,11,13,18H,6-7,10H2,1-3H3. The molecule has 0 spiro atoms. The summed E-state index contributed by atoms with van der Waals surface area (Å²) in [6.07, 6.45) is 0.678. The lowest BCUT2D eigenvalue weighted by Gasteiger charge is -2.14. The molecule has 1 N–H and O–H groups in total. The molecular weight excluding hydrogens is 243 g/mol. The van der Waals surface area contributed by atoms with Gasteiger partial charge in [-0.1, -0.05) is 13.8 Å². The maximum absolute atomic E-state index is 13.2. The van der Waals surface area contributed by atoms with Gasteiger partial charge in [-0.3, -0.25) is 0 Å². The lowest BCUT2D eigenvalue weighted by atomic mass is 9.97. The fourth-order valence-electron chi connectivity index (χ4n) is 1.85. The van der Waals surface area contributed by atoms with Crippen LogP contribution < -0.4 is 10.1 Å². The molecular formula is C15H21FN2O. The number of methoxy groups -OCH3 is 1. The summed E-state index contributed by atoms with van der Waals surface area (Å²) < 4.78 is 18.4. The van der Waals surface area contributed by atoms with Crippen LogP contribution in [0.25, 0.3) is 0 Å². The van der Waals surface area contributed by atoms with Crippen LogP contribution in [0.5, 0.6) is 5.75 Å². The van der Waals surface area contributed by atoms with Gasteiger partial charge in [-0.15, -0.1) is 0 Å². The van der Waals surface area contributed by atoms with Crippen molar-refractivity contribution >= 4 is 0 Å². The number of nitriles is 1. The molecule has 1 unspecified atom stereocenters. The molecule has 0 amide bonds.